The van der Waals surface area contributed by atoms with E-state index < -0.39 is 0 Å². The van der Waals surface area contributed by atoms with Crippen molar-refractivity contribution >= 4 is 49.6 Å². The van der Waals surface area contributed by atoms with Crippen LogP contribution in [0.4, 0.5) is 0 Å². The maximum atomic E-state index is 5.98. The van der Waals surface area contributed by atoms with Gasteiger partial charge in [0.15, 0.2) is 0 Å². The summed E-state index contributed by atoms with van der Waals surface area (Å²) in [6, 6.07) is 32.8. The molecule has 0 radical (unpaired) electrons. The molecule has 0 aliphatic carbocycles. The summed E-state index contributed by atoms with van der Waals surface area (Å²) < 4.78 is 14.5. The van der Waals surface area contributed by atoms with E-state index in [2.05, 4.69) is 57.9 Å². The fraction of sp³-hybridized carbons (Fsp3) is 0.0714. The van der Waals surface area contributed by atoms with Gasteiger partial charge in [-0.1, -0.05) is 0 Å². The molecule has 4 aromatic carbocycles. The van der Waals surface area contributed by atoms with Crippen molar-refractivity contribution in [1.82, 2.24) is 0 Å². The van der Waals surface area contributed by atoms with E-state index in [9.17, 15) is 0 Å². The van der Waals surface area contributed by atoms with Crippen molar-refractivity contribution in [2.75, 3.05) is 13.2 Å². The van der Waals surface area contributed by atoms with Crippen molar-refractivity contribution in [3.63, 3.8) is 0 Å². The molecule has 0 bridgehead atoms. The summed E-state index contributed by atoms with van der Waals surface area (Å²) in [7, 11) is 0. The van der Waals surface area contributed by atoms with E-state index >= 15 is 0 Å². The van der Waals surface area contributed by atoms with Gasteiger partial charge in [-0.2, -0.15) is 0 Å². The van der Waals surface area contributed by atoms with Crippen molar-refractivity contribution in [2.24, 2.45) is 0 Å². The Bertz CT molecular complexity index is 1180. The molecule has 0 unspecified atom stereocenters. The molecule has 4 aromatic rings. The van der Waals surface area contributed by atoms with E-state index in [1.165, 1.54) is 8.92 Å². The molecule has 2 nitrogen and oxygen atoms in total. The van der Waals surface area contributed by atoms with Crippen molar-refractivity contribution in [2.45, 2.75) is 0 Å². The van der Waals surface area contributed by atoms with Gasteiger partial charge >= 0.3 is 202 Å². The molecule has 4 rings (SSSR count). The van der Waals surface area contributed by atoms with Gasteiger partial charge in [-0.25, -0.2) is 0 Å². The van der Waals surface area contributed by atoms with Gasteiger partial charge < -0.3 is 0 Å². The van der Waals surface area contributed by atoms with Gasteiger partial charge in [0.25, 0.3) is 0 Å². The molecule has 0 atom stereocenters. The Balaban J connectivity index is 1.40. The van der Waals surface area contributed by atoms with Crippen LogP contribution in [-0.4, -0.2) is 43.1 Å². The normalized spacial score (nSPS) is 9.88. The second kappa shape index (κ2) is 12.1. The predicted molar refractivity (Wildman–Crippen MR) is 134 cm³/mol. The molecule has 4 heteroatoms. The number of hydrogen-bond donors (Lipinski definition) is 0. The van der Waals surface area contributed by atoms with Crippen LogP contribution in [0.25, 0.3) is 10.8 Å². The number of hydrogen-bond acceptors (Lipinski definition) is 2. The number of benzene rings is 4. The average Bonchev–Trinajstić information content (AvgIpc) is 2.85. The molecule has 0 heterocycles. The number of fused-ring (bicyclic) bond motifs is 1. The van der Waals surface area contributed by atoms with Gasteiger partial charge in [-0.3, -0.25) is 0 Å². The third-order valence-electron chi connectivity index (χ3n) is 4.38. The van der Waals surface area contributed by atoms with Gasteiger partial charge in [-0.05, 0) is 0 Å². The van der Waals surface area contributed by atoms with Crippen molar-refractivity contribution < 1.29 is 9.47 Å². The monoisotopic (exact) mass is 548 g/mol. The summed E-state index contributed by atoms with van der Waals surface area (Å²) in [4.78, 5) is 6.46. The van der Waals surface area contributed by atoms with Crippen LogP contribution in [-0.2, 0) is 0 Å². The quantitative estimate of drug-likeness (QED) is 0.272. The third kappa shape index (κ3) is 6.70. The molecule has 0 spiro atoms. The van der Waals surface area contributed by atoms with Gasteiger partial charge in [0, 0.05) is 0 Å². The number of ether oxygens (including phenoxy) is 2. The fourth-order valence-electron chi connectivity index (χ4n) is 2.88. The molecule has 0 saturated heterocycles. The van der Waals surface area contributed by atoms with Crippen LogP contribution in [0.15, 0.2) is 97.1 Å². The molecule has 0 aliphatic rings. The van der Waals surface area contributed by atoms with Crippen LogP contribution in [0.1, 0.15) is 0 Å². The van der Waals surface area contributed by atoms with Crippen molar-refractivity contribution in [1.29, 1.82) is 0 Å². The van der Waals surface area contributed by atoms with E-state index in [1.807, 2.05) is 60.7 Å². The Hall–Kier alpha value is -3.10. The zero-order valence-corrected chi connectivity index (χ0v) is 20.7. The van der Waals surface area contributed by atoms with E-state index in [0.717, 1.165) is 10.8 Å². The molecule has 0 aliphatic heterocycles. The topological polar surface area (TPSA) is 18.5 Å². The molecule has 0 fully saturated rings. The van der Waals surface area contributed by atoms with Crippen molar-refractivity contribution in [3.05, 3.63) is 97.1 Å². The van der Waals surface area contributed by atoms with Crippen molar-refractivity contribution in [3.8, 4) is 33.0 Å². The van der Waals surface area contributed by atoms with E-state index in [0.29, 0.717) is 24.7 Å². The van der Waals surface area contributed by atoms with Crippen LogP contribution in [0, 0.1) is 21.5 Å². The molecular weight excluding hydrogens is 526 g/mol. The first-order valence-electron chi connectivity index (χ1n) is 10.1. The van der Waals surface area contributed by atoms with Crippen LogP contribution in [0.3, 0.4) is 0 Å². The van der Waals surface area contributed by atoms with E-state index in [1.54, 1.807) is 0 Å². The first-order valence-corrected chi connectivity index (χ1v) is 13.5. The van der Waals surface area contributed by atoms with Gasteiger partial charge in [-0.15, -0.1) is 0 Å². The molecular formula is C28H20O2Se2. The van der Waals surface area contributed by atoms with Gasteiger partial charge in [0.05, 0.1) is 0 Å². The Morgan fingerprint density at radius 3 is 1.38 bits per heavy atom. The van der Waals surface area contributed by atoms with Gasteiger partial charge in [0.2, 0.25) is 0 Å². The van der Waals surface area contributed by atoms with Crippen LogP contribution < -0.4 is 18.4 Å². The van der Waals surface area contributed by atoms with Crippen LogP contribution in [0.5, 0.6) is 11.5 Å². The molecule has 0 N–H and O–H groups in total. The molecule has 0 amide bonds. The Morgan fingerprint density at radius 1 is 0.531 bits per heavy atom. The summed E-state index contributed by atoms with van der Waals surface area (Å²) in [6.07, 6.45) is 0. The maximum absolute atomic E-state index is 5.98. The minimum atomic E-state index is 0.128. The van der Waals surface area contributed by atoms with E-state index in [-0.39, 0.29) is 29.9 Å². The Labute approximate surface area is 201 Å². The Morgan fingerprint density at radius 2 is 0.938 bits per heavy atom. The van der Waals surface area contributed by atoms with Crippen LogP contribution >= 0.6 is 0 Å². The standard InChI is InChI=1S/C28H20O2Se2/c1-3-13-25(14-4-1)31-19-9-17-29-27-21-23-11-7-8-12-24(23)22-28(27)30-18-10-20-32-26-15-5-2-6-16-26/h1-8,11-16,21-22H,17-18H2. The molecule has 32 heavy (non-hydrogen) atoms. The van der Waals surface area contributed by atoms with Gasteiger partial charge in [0.1, 0.15) is 0 Å². The summed E-state index contributed by atoms with van der Waals surface area (Å²) in [6.45, 7) is 0.651. The summed E-state index contributed by atoms with van der Waals surface area (Å²) in [5, 5.41) is 2.21. The third-order valence-corrected chi connectivity index (χ3v) is 7.55. The SMILES string of the molecule is C(#C[Se]c1ccccc1)COc1cc2ccccc2cc1OCC#C[Se]c1ccccc1. The predicted octanol–water partition coefficient (Wildman–Crippen LogP) is 3.58. The second-order valence-electron chi connectivity index (χ2n) is 6.61. The summed E-state index contributed by atoms with van der Waals surface area (Å²) in [5.41, 5.74) is 0. The summed E-state index contributed by atoms with van der Waals surface area (Å²) in [5.74, 6) is 7.64. The molecule has 0 saturated carbocycles. The first kappa shape index (κ1) is 22.1. The van der Waals surface area contributed by atoms with E-state index in [4.69, 9.17) is 9.47 Å². The second-order valence-corrected chi connectivity index (χ2v) is 10.3. The average molecular weight is 546 g/mol. The van der Waals surface area contributed by atoms with Crippen LogP contribution in [0.2, 0.25) is 0 Å². The molecule has 0 aromatic heterocycles. The summed E-state index contributed by atoms with van der Waals surface area (Å²) >= 11 is 0.257. The fourth-order valence-corrected chi connectivity index (χ4v) is 5.15. The Kier molecular flexibility index (Phi) is 8.34. The zero-order valence-electron chi connectivity index (χ0n) is 17.3. The zero-order chi connectivity index (χ0) is 21.8. The number of rotatable bonds is 6. The minimum absolute atomic E-state index is 0.128. The first-order chi connectivity index (χ1) is 15.9. The molecule has 156 valence electrons.